The van der Waals surface area contributed by atoms with Crippen LogP contribution in [0.1, 0.15) is 26.3 Å². The summed E-state index contributed by atoms with van der Waals surface area (Å²) < 4.78 is 11.0. The van der Waals surface area contributed by atoms with E-state index in [9.17, 15) is 0 Å². The molecule has 0 atom stereocenters. The Morgan fingerprint density at radius 2 is 1.94 bits per heavy atom. The predicted molar refractivity (Wildman–Crippen MR) is 66.2 cm³/mol. The lowest BCUT2D eigenvalue weighted by Crippen LogP contribution is -2.21. The Bertz CT molecular complexity index is 318. The summed E-state index contributed by atoms with van der Waals surface area (Å²) in [5, 5.41) is 0. The van der Waals surface area contributed by atoms with Crippen LogP contribution in [0.2, 0.25) is 0 Å². The van der Waals surface area contributed by atoms with Crippen molar-refractivity contribution in [3.05, 3.63) is 29.8 Å². The van der Waals surface area contributed by atoms with Crippen LogP contribution in [0.15, 0.2) is 24.3 Å². The first kappa shape index (κ1) is 13.0. The summed E-state index contributed by atoms with van der Waals surface area (Å²) in [5.41, 5.74) is 7.43. The first-order valence-corrected chi connectivity index (χ1v) is 5.53. The minimum Gasteiger partial charge on any atom is -0.399 e. The van der Waals surface area contributed by atoms with E-state index in [1.54, 1.807) is 0 Å². The molecular formula is C13H21NO2. The monoisotopic (exact) mass is 223 g/mol. The molecule has 0 saturated carbocycles. The molecule has 0 aromatic heterocycles. The molecule has 0 fully saturated rings. The van der Waals surface area contributed by atoms with Crippen LogP contribution in [0.4, 0.5) is 5.69 Å². The van der Waals surface area contributed by atoms with E-state index >= 15 is 0 Å². The third kappa shape index (κ3) is 5.73. The van der Waals surface area contributed by atoms with Gasteiger partial charge in [-0.05, 0) is 38.5 Å². The van der Waals surface area contributed by atoms with Gasteiger partial charge in [-0.25, -0.2) is 0 Å². The van der Waals surface area contributed by atoms with Crippen molar-refractivity contribution in [2.75, 3.05) is 18.9 Å². The minimum absolute atomic E-state index is 0.0967. The summed E-state index contributed by atoms with van der Waals surface area (Å²) >= 11 is 0. The third-order valence-electron chi connectivity index (χ3n) is 1.98. The second-order valence-corrected chi connectivity index (χ2v) is 4.76. The van der Waals surface area contributed by atoms with Crippen LogP contribution in [-0.2, 0) is 16.1 Å². The molecule has 0 aliphatic carbocycles. The number of benzene rings is 1. The van der Waals surface area contributed by atoms with Crippen molar-refractivity contribution in [3.63, 3.8) is 0 Å². The molecule has 0 bridgehead atoms. The van der Waals surface area contributed by atoms with Crippen molar-refractivity contribution in [3.8, 4) is 0 Å². The fraction of sp³-hybridized carbons (Fsp3) is 0.538. The van der Waals surface area contributed by atoms with Crippen molar-refractivity contribution < 1.29 is 9.47 Å². The van der Waals surface area contributed by atoms with E-state index in [4.69, 9.17) is 15.2 Å². The normalized spacial score (nSPS) is 11.7. The molecule has 0 spiro atoms. The second kappa shape index (κ2) is 5.87. The largest absolute Gasteiger partial charge is 0.399 e. The molecule has 0 radical (unpaired) electrons. The van der Waals surface area contributed by atoms with Gasteiger partial charge in [0.25, 0.3) is 0 Å². The van der Waals surface area contributed by atoms with E-state index in [1.807, 2.05) is 45.0 Å². The van der Waals surface area contributed by atoms with E-state index < -0.39 is 0 Å². The highest BCUT2D eigenvalue weighted by atomic mass is 16.5. The van der Waals surface area contributed by atoms with Crippen LogP contribution in [0, 0.1) is 0 Å². The predicted octanol–water partition coefficient (Wildman–Crippen LogP) is 2.60. The Morgan fingerprint density at radius 1 is 1.19 bits per heavy atom. The Labute approximate surface area is 97.6 Å². The molecule has 0 amide bonds. The van der Waals surface area contributed by atoms with Gasteiger partial charge in [-0.2, -0.15) is 0 Å². The average Bonchev–Trinajstić information content (AvgIpc) is 2.15. The van der Waals surface area contributed by atoms with Gasteiger partial charge in [0, 0.05) is 5.69 Å². The highest BCUT2D eigenvalue weighted by molar-refractivity contribution is 5.40. The first-order valence-electron chi connectivity index (χ1n) is 5.53. The number of rotatable bonds is 5. The van der Waals surface area contributed by atoms with Gasteiger partial charge >= 0.3 is 0 Å². The summed E-state index contributed by atoms with van der Waals surface area (Å²) in [6, 6.07) is 7.72. The SMILES string of the molecule is CC(C)(C)OCCOCc1cccc(N)c1. The molecule has 3 nitrogen and oxygen atoms in total. The lowest BCUT2D eigenvalue weighted by atomic mass is 10.2. The van der Waals surface area contributed by atoms with Crippen molar-refractivity contribution in [1.29, 1.82) is 0 Å². The lowest BCUT2D eigenvalue weighted by Gasteiger charge is -2.19. The van der Waals surface area contributed by atoms with Crippen LogP contribution >= 0.6 is 0 Å². The third-order valence-corrected chi connectivity index (χ3v) is 1.98. The number of nitrogen functional groups attached to an aromatic ring is 1. The number of ether oxygens (including phenoxy) is 2. The van der Waals surface area contributed by atoms with Gasteiger partial charge in [-0.15, -0.1) is 0 Å². The Morgan fingerprint density at radius 3 is 2.56 bits per heavy atom. The van der Waals surface area contributed by atoms with Crippen LogP contribution < -0.4 is 5.73 Å². The second-order valence-electron chi connectivity index (χ2n) is 4.76. The molecule has 3 heteroatoms. The van der Waals surface area contributed by atoms with E-state index in [0.717, 1.165) is 11.3 Å². The molecule has 0 saturated heterocycles. The minimum atomic E-state index is -0.0967. The molecule has 0 unspecified atom stereocenters. The zero-order valence-electron chi connectivity index (χ0n) is 10.3. The molecule has 2 N–H and O–H groups in total. The van der Waals surface area contributed by atoms with E-state index in [2.05, 4.69) is 0 Å². The molecule has 0 aliphatic rings. The van der Waals surface area contributed by atoms with Crippen molar-refractivity contribution in [2.45, 2.75) is 33.0 Å². The summed E-state index contributed by atoms with van der Waals surface area (Å²) in [5.74, 6) is 0. The number of hydrogen-bond donors (Lipinski definition) is 1. The molecule has 1 aromatic rings. The van der Waals surface area contributed by atoms with Gasteiger partial charge < -0.3 is 15.2 Å². The Balaban J connectivity index is 2.17. The molecule has 16 heavy (non-hydrogen) atoms. The maximum Gasteiger partial charge on any atom is 0.0718 e. The molecule has 0 heterocycles. The van der Waals surface area contributed by atoms with Crippen molar-refractivity contribution in [2.24, 2.45) is 0 Å². The molecular weight excluding hydrogens is 202 g/mol. The fourth-order valence-electron chi connectivity index (χ4n) is 1.28. The lowest BCUT2D eigenvalue weighted by molar-refractivity contribution is -0.0376. The summed E-state index contributed by atoms with van der Waals surface area (Å²) in [6.07, 6.45) is 0. The zero-order chi connectivity index (χ0) is 12.0. The summed E-state index contributed by atoms with van der Waals surface area (Å²) in [4.78, 5) is 0. The quantitative estimate of drug-likeness (QED) is 0.616. The fourth-order valence-corrected chi connectivity index (χ4v) is 1.28. The number of hydrogen-bond acceptors (Lipinski definition) is 3. The molecule has 90 valence electrons. The van der Waals surface area contributed by atoms with E-state index in [-0.39, 0.29) is 5.60 Å². The van der Waals surface area contributed by atoms with Gasteiger partial charge in [0.15, 0.2) is 0 Å². The van der Waals surface area contributed by atoms with Crippen molar-refractivity contribution in [1.82, 2.24) is 0 Å². The number of anilines is 1. The van der Waals surface area contributed by atoms with Gasteiger partial charge in [0.1, 0.15) is 0 Å². The van der Waals surface area contributed by atoms with Gasteiger partial charge in [-0.1, -0.05) is 12.1 Å². The zero-order valence-corrected chi connectivity index (χ0v) is 10.3. The smallest absolute Gasteiger partial charge is 0.0718 e. The van der Waals surface area contributed by atoms with Crippen LogP contribution in [0.3, 0.4) is 0 Å². The van der Waals surface area contributed by atoms with Gasteiger partial charge in [0.2, 0.25) is 0 Å². The topological polar surface area (TPSA) is 44.5 Å². The highest BCUT2D eigenvalue weighted by Gasteiger charge is 2.08. The highest BCUT2D eigenvalue weighted by Crippen LogP contribution is 2.08. The standard InChI is InChI=1S/C13H21NO2/c1-13(2,3)16-8-7-15-10-11-5-4-6-12(14)9-11/h4-6,9H,7-8,10,14H2,1-3H3. The van der Waals surface area contributed by atoms with Crippen LogP contribution in [0.25, 0.3) is 0 Å². The van der Waals surface area contributed by atoms with Crippen LogP contribution in [-0.4, -0.2) is 18.8 Å². The maximum atomic E-state index is 5.67. The average molecular weight is 223 g/mol. The Kier molecular flexibility index (Phi) is 4.77. The van der Waals surface area contributed by atoms with E-state index in [1.165, 1.54) is 0 Å². The van der Waals surface area contributed by atoms with Crippen LogP contribution in [0.5, 0.6) is 0 Å². The maximum absolute atomic E-state index is 5.67. The number of nitrogens with two attached hydrogens (primary N) is 1. The summed E-state index contributed by atoms with van der Waals surface area (Å²) in [7, 11) is 0. The molecule has 1 aromatic carbocycles. The summed E-state index contributed by atoms with van der Waals surface area (Å²) in [6.45, 7) is 7.90. The first-order chi connectivity index (χ1) is 7.47. The van der Waals surface area contributed by atoms with E-state index in [0.29, 0.717) is 19.8 Å². The van der Waals surface area contributed by atoms with Gasteiger partial charge in [0.05, 0.1) is 25.4 Å². The molecule has 1 rings (SSSR count). The Hall–Kier alpha value is -1.06. The van der Waals surface area contributed by atoms with Gasteiger partial charge in [-0.3, -0.25) is 0 Å². The molecule has 0 aliphatic heterocycles. The van der Waals surface area contributed by atoms with Crippen molar-refractivity contribution >= 4 is 5.69 Å².